The van der Waals surface area contributed by atoms with Crippen molar-refractivity contribution in [2.24, 2.45) is 0 Å². The Hall–Kier alpha value is -4.07. The quantitative estimate of drug-likeness (QED) is 0.642. The first-order valence-electron chi connectivity index (χ1n) is 9.61. The van der Waals surface area contributed by atoms with Gasteiger partial charge < -0.3 is 10.1 Å². The number of carbonyl (C=O) groups excluding carboxylic acids is 3. The minimum atomic E-state index is -0.398. The van der Waals surface area contributed by atoms with Crippen LogP contribution in [0.4, 0.5) is 5.82 Å². The van der Waals surface area contributed by atoms with Gasteiger partial charge in [-0.1, -0.05) is 18.2 Å². The number of carbonyl (C=O) groups is 3. The molecule has 8 nitrogen and oxygen atoms in total. The third kappa shape index (κ3) is 3.87. The van der Waals surface area contributed by atoms with E-state index in [1.54, 1.807) is 31.4 Å². The largest absolute Gasteiger partial charge is 0.497 e. The zero-order valence-corrected chi connectivity index (χ0v) is 17.3. The molecule has 0 spiro atoms. The molecule has 156 valence electrons. The molecule has 0 radical (unpaired) electrons. The van der Waals surface area contributed by atoms with Crippen LogP contribution in [0, 0.1) is 6.92 Å². The molecule has 3 amide bonds. The van der Waals surface area contributed by atoms with Crippen molar-refractivity contribution in [3.63, 3.8) is 0 Å². The van der Waals surface area contributed by atoms with E-state index in [1.165, 1.54) is 7.05 Å². The zero-order valence-electron chi connectivity index (χ0n) is 17.3. The van der Waals surface area contributed by atoms with Gasteiger partial charge in [0.1, 0.15) is 5.75 Å². The molecule has 0 atom stereocenters. The lowest BCUT2D eigenvalue weighted by molar-refractivity contribution is -0.115. The number of amides is 3. The van der Waals surface area contributed by atoms with Gasteiger partial charge in [-0.05, 0) is 48.4 Å². The van der Waals surface area contributed by atoms with Crippen LogP contribution in [-0.2, 0) is 11.2 Å². The Morgan fingerprint density at radius 3 is 2.58 bits per heavy atom. The van der Waals surface area contributed by atoms with Crippen LogP contribution in [-0.4, -0.2) is 47.0 Å². The molecule has 0 aliphatic carbocycles. The van der Waals surface area contributed by atoms with Crippen LogP contribution in [0.15, 0.2) is 48.5 Å². The Balaban J connectivity index is 1.51. The summed E-state index contributed by atoms with van der Waals surface area (Å²) in [5.74, 6) is -0.109. The van der Waals surface area contributed by atoms with Crippen molar-refractivity contribution in [1.29, 1.82) is 0 Å². The summed E-state index contributed by atoms with van der Waals surface area (Å²) < 4.78 is 5.22. The third-order valence-electron chi connectivity index (χ3n) is 5.07. The number of aryl methyl sites for hydroxylation is 1. The number of imide groups is 1. The lowest BCUT2D eigenvalue weighted by Gasteiger charge is -2.09. The number of anilines is 1. The van der Waals surface area contributed by atoms with Crippen molar-refractivity contribution in [2.75, 3.05) is 19.5 Å². The van der Waals surface area contributed by atoms with Gasteiger partial charge in [0, 0.05) is 12.6 Å². The van der Waals surface area contributed by atoms with Crippen LogP contribution < -0.4 is 10.1 Å². The molecule has 2 heterocycles. The molecule has 8 heteroatoms. The summed E-state index contributed by atoms with van der Waals surface area (Å²) in [6, 6.07) is 14.2. The minimum Gasteiger partial charge on any atom is -0.497 e. The molecule has 1 aliphatic heterocycles. The normalized spacial score (nSPS) is 12.7. The molecule has 2 aromatic carbocycles. The van der Waals surface area contributed by atoms with E-state index < -0.39 is 5.91 Å². The number of ether oxygens (including phenoxy) is 1. The highest BCUT2D eigenvalue weighted by atomic mass is 16.5. The van der Waals surface area contributed by atoms with Crippen molar-refractivity contribution in [1.82, 2.24) is 15.1 Å². The molecule has 0 fully saturated rings. The first-order chi connectivity index (χ1) is 14.9. The molecule has 0 bridgehead atoms. The summed E-state index contributed by atoms with van der Waals surface area (Å²) in [5, 5.41) is 10.9. The number of methoxy groups -OCH3 is 1. The average Bonchev–Trinajstić information content (AvgIpc) is 2.98. The molecule has 1 aromatic heterocycles. The predicted octanol–water partition coefficient (Wildman–Crippen LogP) is 2.87. The number of nitrogens with one attached hydrogen (secondary N) is 1. The number of nitrogens with zero attached hydrogens (tertiary/aromatic N) is 3. The predicted molar refractivity (Wildman–Crippen MR) is 114 cm³/mol. The summed E-state index contributed by atoms with van der Waals surface area (Å²) in [6.45, 7) is 1.82. The molecule has 0 unspecified atom stereocenters. The van der Waals surface area contributed by atoms with E-state index in [0.29, 0.717) is 28.4 Å². The Morgan fingerprint density at radius 1 is 1.06 bits per heavy atom. The fourth-order valence-corrected chi connectivity index (χ4v) is 3.56. The Kier molecular flexibility index (Phi) is 5.21. The second kappa shape index (κ2) is 7.98. The van der Waals surface area contributed by atoms with Crippen LogP contribution in [0.1, 0.15) is 31.8 Å². The summed E-state index contributed by atoms with van der Waals surface area (Å²) in [5.41, 5.74) is 3.41. The van der Waals surface area contributed by atoms with Gasteiger partial charge in [0.2, 0.25) is 5.91 Å². The molecular weight excluding hydrogens is 396 g/mol. The molecule has 0 saturated heterocycles. The zero-order chi connectivity index (χ0) is 22.1. The van der Waals surface area contributed by atoms with Crippen molar-refractivity contribution >= 4 is 23.5 Å². The minimum absolute atomic E-state index is 0.0593. The van der Waals surface area contributed by atoms with E-state index in [-0.39, 0.29) is 23.8 Å². The van der Waals surface area contributed by atoms with E-state index in [4.69, 9.17) is 4.74 Å². The fourth-order valence-electron chi connectivity index (χ4n) is 3.56. The molecule has 0 saturated carbocycles. The summed E-state index contributed by atoms with van der Waals surface area (Å²) >= 11 is 0. The van der Waals surface area contributed by atoms with Crippen molar-refractivity contribution < 1.29 is 19.1 Å². The monoisotopic (exact) mass is 416 g/mol. The van der Waals surface area contributed by atoms with Gasteiger partial charge in [0.15, 0.2) is 5.82 Å². The van der Waals surface area contributed by atoms with Gasteiger partial charge in [-0.15, -0.1) is 10.2 Å². The number of hydrogen-bond acceptors (Lipinski definition) is 6. The van der Waals surface area contributed by atoms with Gasteiger partial charge in [-0.3, -0.25) is 19.3 Å². The number of fused-ring (bicyclic) bond motifs is 1. The van der Waals surface area contributed by atoms with Crippen molar-refractivity contribution in [3.8, 4) is 17.0 Å². The van der Waals surface area contributed by atoms with Crippen LogP contribution in [0.25, 0.3) is 11.3 Å². The third-order valence-corrected chi connectivity index (χ3v) is 5.07. The van der Waals surface area contributed by atoms with Crippen molar-refractivity contribution in [2.45, 2.75) is 13.3 Å². The number of rotatable bonds is 5. The first kappa shape index (κ1) is 20.2. The highest BCUT2D eigenvalue weighted by molar-refractivity contribution is 6.22. The van der Waals surface area contributed by atoms with E-state index >= 15 is 0 Å². The van der Waals surface area contributed by atoms with Crippen LogP contribution in [0.5, 0.6) is 5.75 Å². The maximum Gasteiger partial charge on any atom is 0.261 e. The SMILES string of the molecule is COc1cccc(-c2ccc(NC(=O)Cc3cc(C)cc4c3C(=O)N(C)C4=O)nn2)c1. The Bertz CT molecular complexity index is 1200. The fraction of sp³-hybridized carbons (Fsp3) is 0.174. The van der Waals surface area contributed by atoms with Gasteiger partial charge in [0.25, 0.3) is 11.8 Å². The van der Waals surface area contributed by atoms with Gasteiger partial charge >= 0.3 is 0 Å². The molecule has 4 rings (SSSR count). The Labute approximate surface area is 178 Å². The van der Waals surface area contributed by atoms with E-state index in [1.807, 2.05) is 31.2 Å². The number of benzene rings is 2. The molecule has 1 N–H and O–H groups in total. The van der Waals surface area contributed by atoms with Gasteiger partial charge in [-0.2, -0.15) is 0 Å². The maximum absolute atomic E-state index is 12.6. The number of aromatic nitrogens is 2. The van der Waals surface area contributed by atoms with Gasteiger partial charge in [-0.25, -0.2) is 0 Å². The molecule has 1 aliphatic rings. The Morgan fingerprint density at radius 2 is 1.87 bits per heavy atom. The standard InChI is InChI=1S/C23H20N4O4/c1-13-9-15(21-17(10-13)22(29)27(2)23(21)30)12-20(28)24-19-8-7-18(25-26-19)14-5-4-6-16(11-14)31-3/h4-11H,12H2,1-3H3,(H,24,26,28). The second-order valence-electron chi connectivity index (χ2n) is 7.28. The lowest BCUT2D eigenvalue weighted by atomic mass is 9.97. The maximum atomic E-state index is 12.6. The molecule has 31 heavy (non-hydrogen) atoms. The molecular formula is C23H20N4O4. The summed E-state index contributed by atoms with van der Waals surface area (Å²) in [4.78, 5) is 38.4. The highest BCUT2D eigenvalue weighted by Gasteiger charge is 2.35. The van der Waals surface area contributed by atoms with E-state index in [0.717, 1.165) is 16.0 Å². The van der Waals surface area contributed by atoms with Gasteiger partial charge in [0.05, 0.1) is 30.4 Å². The van der Waals surface area contributed by atoms with Crippen LogP contribution in [0.3, 0.4) is 0 Å². The van der Waals surface area contributed by atoms with Crippen LogP contribution in [0.2, 0.25) is 0 Å². The summed E-state index contributed by atoms with van der Waals surface area (Å²) in [6.07, 6.45) is -0.0593. The van der Waals surface area contributed by atoms with Crippen LogP contribution >= 0.6 is 0 Å². The van der Waals surface area contributed by atoms with E-state index in [9.17, 15) is 14.4 Å². The summed E-state index contributed by atoms with van der Waals surface area (Å²) in [7, 11) is 3.03. The van der Waals surface area contributed by atoms with E-state index in [2.05, 4.69) is 15.5 Å². The second-order valence-corrected chi connectivity index (χ2v) is 7.28. The van der Waals surface area contributed by atoms with Crippen molar-refractivity contribution in [3.05, 3.63) is 70.8 Å². The topological polar surface area (TPSA) is 101 Å². The highest BCUT2D eigenvalue weighted by Crippen LogP contribution is 2.27. The first-order valence-corrected chi connectivity index (χ1v) is 9.61. The molecule has 3 aromatic rings. The average molecular weight is 416 g/mol. The lowest BCUT2D eigenvalue weighted by Crippen LogP contribution is -2.25. The number of hydrogen-bond donors (Lipinski definition) is 1. The smallest absolute Gasteiger partial charge is 0.261 e.